The number of fused-ring (bicyclic) bond motifs is 1. The number of aliphatic hydroxyl groups is 1. The molecule has 0 bridgehead atoms. The van der Waals surface area contributed by atoms with Crippen LogP contribution in [0.2, 0.25) is 0 Å². The molecule has 1 amide bonds. The molecule has 4 heterocycles. The highest BCUT2D eigenvalue weighted by atomic mass is 32.2. The van der Waals surface area contributed by atoms with Crippen molar-refractivity contribution < 1.29 is 18.7 Å². The predicted octanol–water partition coefficient (Wildman–Crippen LogP) is 2.76. The molecule has 2 saturated heterocycles. The molecule has 11 heteroatoms. The van der Waals surface area contributed by atoms with Crippen LogP contribution in [0.4, 0.5) is 14.7 Å². The number of rotatable bonds is 5. The second kappa shape index (κ2) is 9.38. The van der Waals surface area contributed by atoms with Crippen LogP contribution in [-0.2, 0) is 11.1 Å². The summed E-state index contributed by atoms with van der Waals surface area (Å²) in [5.41, 5.74) is -1.58. The Morgan fingerprint density at radius 3 is 2.67 bits per heavy atom. The maximum Gasteiger partial charge on any atom is 0.253 e. The van der Waals surface area contributed by atoms with Crippen LogP contribution in [0.3, 0.4) is 0 Å². The molecule has 5 rings (SSSR count). The van der Waals surface area contributed by atoms with Gasteiger partial charge in [0.25, 0.3) is 5.91 Å². The van der Waals surface area contributed by atoms with Gasteiger partial charge in [-0.05, 0) is 38.1 Å². The third kappa shape index (κ3) is 4.65. The highest BCUT2D eigenvalue weighted by molar-refractivity contribution is 7.99. The number of anilines is 1. The second-order valence-electron chi connectivity index (χ2n) is 9.53. The topological polar surface area (TPSA) is 103 Å². The number of aromatic nitrogens is 3. The third-order valence-corrected chi connectivity index (χ3v) is 7.67. The molecule has 2 aliphatic rings. The Labute approximate surface area is 211 Å². The van der Waals surface area contributed by atoms with E-state index in [0.717, 1.165) is 6.20 Å². The molecular formula is C25H26F2N6O2S. The van der Waals surface area contributed by atoms with Crippen LogP contribution < -0.4 is 15.5 Å². The van der Waals surface area contributed by atoms with Crippen LogP contribution in [0, 0.1) is 17.6 Å². The zero-order valence-corrected chi connectivity index (χ0v) is 20.6. The van der Waals surface area contributed by atoms with Gasteiger partial charge in [0.1, 0.15) is 22.6 Å². The van der Waals surface area contributed by atoms with Crippen LogP contribution >= 0.6 is 11.8 Å². The molecule has 0 spiro atoms. The molecule has 0 radical (unpaired) electrons. The largest absolute Gasteiger partial charge is 0.384 e. The van der Waals surface area contributed by atoms with Crippen molar-refractivity contribution in [3.8, 4) is 0 Å². The summed E-state index contributed by atoms with van der Waals surface area (Å²) >= 11 is 1.55. The number of nitrogens with one attached hydrogen (secondary N) is 2. The molecule has 0 aliphatic carbocycles. The Hall–Kier alpha value is -3.15. The summed E-state index contributed by atoms with van der Waals surface area (Å²) in [5, 5.41) is 16.9. The van der Waals surface area contributed by atoms with Gasteiger partial charge in [-0.25, -0.2) is 18.7 Å². The van der Waals surface area contributed by atoms with E-state index in [9.17, 15) is 18.7 Å². The van der Waals surface area contributed by atoms with Crippen molar-refractivity contribution >= 4 is 23.6 Å². The second-order valence-corrected chi connectivity index (χ2v) is 10.7. The molecule has 8 nitrogen and oxygen atoms in total. The SMILES string of the molecule is CC(C)(O)c1nc(N2C[C@H]3CSC(NC(=O)c4ccccc4)N[C@@]3(c3ccc(F)cn3)C2)ncc1F. The van der Waals surface area contributed by atoms with Crippen molar-refractivity contribution in [2.75, 3.05) is 23.7 Å². The summed E-state index contributed by atoms with van der Waals surface area (Å²) < 4.78 is 28.1. The quantitative estimate of drug-likeness (QED) is 0.480. The number of halogens is 2. The smallest absolute Gasteiger partial charge is 0.253 e. The molecule has 1 aromatic carbocycles. The lowest BCUT2D eigenvalue weighted by atomic mass is 9.84. The molecule has 0 saturated carbocycles. The van der Waals surface area contributed by atoms with Crippen LogP contribution in [-0.4, -0.2) is 50.3 Å². The molecule has 3 atom stereocenters. The van der Waals surface area contributed by atoms with Gasteiger partial charge in [0, 0.05) is 30.3 Å². The fourth-order valence-electron chi connectivity index (χ4n) is 4.73. The highest BCUT2D eigenvalue weighted by Crippen LogP contribution is 2.43. The summed E-state index contributed by atoms with van der Waals surface area (Å²) in [5.74, 6) is -0.395. The van der Waals surface area contributed by atoms with Gasteiger partial charge in [0.15, 0.2) is 5.82 Å². The number of hydrogen-bond acceptors (Lipinski definition) is 8. The molecule has 2 aliphatic heterocycles. The standard InChI is InChI=1S/C25H26F2N6O2S/c1-24(2,35)20-18(27)11-29-22(30-20)33-12-16-13-36-23(31-21(34)15-6-4-3-5-7-15)32-25(16,14-33)19-9-8-17(26)10-28-19/h3-11,16,23,32,35H,12-14H2,1-2H3,(H,31,34)/t16-,23?,25-/m0/s1. The summed E-state index contributed by atoms with van der Waals surface area (Å²) in [6.07, 6.45) is 2.23. The van der Waals surface area contributed by atoms with E-state index < -0.39 is 28.3 Å². The van der Waals surface area contributed by atoms with Crippen molar-refractivity contribution in [3.05, 3.63) is 83.4 Å². The molecule has 3 N–H and O–H groups in total. The monoisotopic (exact) mass is 512 g/mol. The molecule has 1 unspecified atom stereocenters. The number of carbonyl (C=O) groups excluding carboxylic acids is 1. The number of hydrogen-bond donors (Lipinski definition) is 3. The van der Waals surface area contributed by atoms with E-state index in [1.54, 1.807) is 42.1 Å². The molecule has 3 aromatic rings. The highest BCUT2D eigenvalue weighted by Gasteiger charge is 2.53. The lowest BCUT2D eigenvalue weighted by Crippen LogP contribution is -2.61. The molecule has 2 fully saturated rings. The van der Waals surface area contributed by atoms with E-state index in [-0.39, 0.29) is 23.5 Å². The van der Waals surface area contributed by atoms with Gasteiger partial charge in [0.2, 0.25) is 5.95 Å². The van der Waals surface area contributed by atoms with Gasteiger partial charge >= 0.3 is 0 Å². The lowest BCUT2D eigenvalue weighted by molar-refractivity contribution is 0.0693. The van der Waals surface area contributed by atoms with Gasteiger partial charge in [-0.15, -0.1) is 11.8 Å². The van der Waals surface area contributed by atoms with Gasteiger partial charge in [-0.2, -0.15) is 0 Å². The first kappa shape index (κ1) is 24.5. The summed E-state index contributed by atoms with van der Waals surface area (Å²) in [7, 11) is 0. The Morgan fingerprint density at radius 1 is 1.19 bits per heavy atom. The minimum atomic E-state index is -1.48. The van der Waals surface area contributed by atoms with Gasteiger partial charge < -0.3 is 15.3 Å². The van der Waals surface area contributed by atoms with Crippen molar-refractivity contribution in [1.82, 2.24) is 25.6 Å². The maximum absolute atomic E-state index is 14.3. The van der Waals surface area contributed by atoms with Gasteiger partial charge in [-0.3, -0.25) is 15.1 Å². The van der Waals surface area contributed by atoms with Crippen LogP contribution in [0.1, 0.15) is 35.6 Å². The molecule has 188 valence electrons. The predicted molar refractivity (Wildman–Crippen MR) is 132 cm³/mol. The Kier molecular flexibility index (Phi) is 6.39. The van der Waals surface area contributed by atoms with Crippen LogP contribution in [0.25, 0.3) is 0 Å². The molecule has 36 heavy (non-hydrogen) atoms. The van der Waals surface area contributed by atoms with Crippen molar-refractivity contribution in [3.63, 3.8) is 0 Å². The number of carbonyl (C=O) groups is 1. The zero-order valence-electron chi connectivity index (χ0n) is 19.8. The van der Waals surface area contributed by atoms with Crippen molar-refractivity contribution in [1.29, 1.82) is 0 Å². The summed E-state index contributed by atoms with van der Waals surface area (Å²) in [6.45, 7) is 3.81. The third-order valence-electron chi connectivity index (χ3n) is 6.51. The fourth-order valence-corrected chi connectivity index (χ4v) is 6.03. The normalized spacial score (nSPS) is 23.9. The van der Waals surface area contributed by atoms with E-state index >= 15 is 0 Å². The number of amides is 1. The first-order chi connectivity index (χ1) is 17.2. The fraction of sp³-hybridized carbons (Fsp3) is 0.360. The van der Waals surface area contributed by atoms with E-state index in [0.29, 0.717) is 30.1 Å². The number of thioether (sulfide) groups is 1. The van der Waals surface area contributed by atoms with E-state index in [1.807, 2.05) is 11.0 Å². The number of benzene rings is 1. The Balaban J connectivity index is 1.46. The zero-order chi connectivity index (χ0) is 25.5. The van der Waals surface area contributed by atoms with Crippen LogP contribution in [0.5, 0.6) is 0 Å². The Morgan fingerprint density at radius 2 is 1.97 bits per heavy atom. The molecular weight excluding hydrogens is 486 g/mol. The van der Waals surface area contributed by atoms with Gasteiger partial charge in [0.05, 0.1) is 23.6 Å². The first-order valence-corrected chi connectivity index (χ1v) is 12.6. The van der Waals surface area contributed by atoms with Crippen molar-refractivity contribution in [2.24, 2.45) is 5.92 Å². The molecule has 2 aromatic heterocycles. The number of pyridine rings is 1. The number of nitrogens with zero attached hydrogens (tertiary/aromatic N) is 4. The minimum absolute atomic E-state index is 0.00424. The first-order valence-electron chi connectivity index (χ1n) is 11.5. The average Bonchev–Trinajstić information content (AvgIpc) is 3.24. The minimum Gasteiger partial charge on any atom is -0.384 e. The lowest BCUT2D eigenvalue weighted by Gasteiger charge is -2.42. The van der Waals surface area contributed by atoms with Gasteiger partial charge in [-0.1, -0.05) is 18.2 Å². The van der Waals surface area contributed by atoms with E-state index in [2.05, 4.69) is 25.6 Å². The van der Waals surface area contributed by atoms with E-state index in [1.165, 1.54) is 26.1 Å². The average molecular weight is 513 g/mol. The van der Waals surface area contributed by atoms with E-state index in [4.69, 9.17) is 0 Å². The summed E-state index contributed by atoms with van der Waals surface area (Å²) in [6, 6.07) is 11.9. The van der Waals surface area contributed by atoms with Crippen molar-refractivity contribution in [2.45, 2.75) is 30.5 Å². The van der Waals surface area contributed by atoms with Crippen LogP contribution in [0.15, 0.2) is 54.9 Å². The maximum atomic E-state index is 14.3. The Bertz CT molecular complexity index is 1260. The summed E-state index contributed by atoms with van der Waals surface area (Å²) in [4.78, 5) is 27.6.